The molecule has 4 nitrogen and oxygen atoms in total. The highest BCUT2D eigenvalue weighted by molar-refractivity contribution is 5.82. The zero-order valence-corrected chi connectivity index (χ0v) is 11.2. The van der Waals surface area contributed by atoms with Crippen molar-refractivity contribution < 1.29 is 4.79 Å². The second-order valence-corrected chi connectivity index (χ2v) is 5.60. The lowest BCUT2D eigenvalue weighted by molar-refractivity contribution is -0.122. The Morgan fingerprint density at radius 1 is 1.47 bits per heavy atom. The molecule has 3 rings (SSSR count). The number of H-pyrrole nitrogens is 1. The molecule has 0 bridgehead atoms. The van der Waals surface area contributed by atoms with Crippen molar-refractivity contribution in [2.75, 3.05) is 6.54 Å². The Morgan fingerprint density at radius 2 is 2.42 bits per heavy atom. The van der Waals surface area contributed by atoms with Crippen LogP contribution in [0.2, 0.25) is 0 Å². The van der Waals surface area contributed by atoms with Gasteiger partial charge in [0.05, 0.1) is 6.33 Å². The lowest BCUT2D eigenvalue weighted by atomic mass is 9.97. The smallest absolute Gasteiger partial charge is 0.223 e. The Balaban J connectivity index is 1.39. The average molecular weight is 259 g/mol. The first kappa shape index (κ1) is 12.5. The summed E-state index contributed by atoms with van der Waals surface area (Å²) in [7, 11) is 0. The standard InChI is InChI=1S/C15H21N3O/c19-15(13-8-12(13)14-9-16-10-18-14)17-7-6-11-4-2-1-3-5-11/h4,9-10,12-13H,1-3,5-8H2,(H,16,18)(H,17,19). The highest BCUT2D eigenvalue weighted by Gasteiger charge is 2.44. The van der Waals surface area contributed by atoms with Crippen LogP contribution in [0.25, 0.3) is 0 Å². The fraction of sp³-hybridized carbons (Fsp3) is 0.600. The summed E-state index contributed by atoms with van der Waals surface area (Å²) in [5, 5.41) is 3.07. The van der Waals surface area contributed by atoms with Crippen LogP contribution in [0.4, 0.5) is 0 Å². The van der Waals surface area contributed by atoms with Crippen molar-refractivity contribution in [1.29, 1.82) is 0 Å². The molecule has 1 heterocycles. The van der Waals surface area contributed by atoms with Gasteiger partial charge in [-0.05, 0) is 38.5 Å². The molecule has 2 atom stereocenters. The number of hydrogen-bond acceptors (Lipinski definition) is 2. The molecule has 1 amide bonds. The van der Waals surface area contributed by atoms with Crippen LogP contribution in [-0.2, 0) is 4.79 Å². The number of aromatic amines is 1. The Morgan fingerprint density at radius 3 is 3.16 bits per heavy atom. The third-order valence-corrected chi connectivity index (χ3v) is 4.18. The number of carbonyl (C=O) groups excluding carboxylic acids is 1. The number of nitrogens with zero attached hydrogens (tertiary/aromatic N) is 1. The summed E-state index contributed by atoms with van der Waals surface area (Å²) in [6.07, 6.45) is 12.9. The number of allylic oxidation sites excluding steroid dienone is 1. The molecule has 2 aliphatic carbocycles. The van der Waals surface area contributed by atoms with E-state index in [4.69, 9.17) is 0 Å². The average Bonchev–Trinajstić information content (AvgIpc) is 3.06. The second kappa shape index (κ2) is 5.59. The van der Waals surface area contributed by atoms with Gasteiger partial charge in [-0.2, -0.15) is 0 Å². The lowest BCUT2D eigenvalue weighted by Gasteiger charge is -2.12. The van der Waals surface area contributed by atoms with Gasteiger partial charge in [-0.3, -0.25) is 4.79 Å². The van der Waals surface area contributed by atoms with Crippen LogP contribution in [0.1, 0.15) is 50.1 Å². The molecule has 0 aliphatic heterocycles. The third-order valence-electron chi connectivity index (χ3n) is 4.18. The number of imidazole rings is 1. The molecule has 0 radical (unpaired) electrons. The van der Waals surface area contributed by atoms with Gasteiger partial charge in [-0.25, -0.2) is 4.98 Å². The van der Waals surface area contributed by atoms with Crippen molar-refractivity contribution in [2.45, 2.75) is 44.4 Å². The van der Waals surface area contributed by atoms with Crippen molar-refractivity contribution >= 4 is 5.91 Å². The van der Waals surface area contributed by atoms with Crippen LogP contribution in [-0.4, -0.2) is 22.4 Å². The largest absolute Gasteiger partial charge is 0.356 e. The van der Waals surface area contributed by atoms with Gasteiger partial charge in [0.1, 0.15) is 0 Å². The zero-order chi connectivity index (χ0) is 13.1. The lowest BCUT2D eigenvalue weighted by Crippen LogP contribution is -2.26. The minimum atomic E-state index is 0.154. The van der Waals surface area contributed by atoms with E-state index in [0.29, 0.717) is 5.92 Å². The predicted molar refractivity (Wildman–Crippen MR) is 73.6 cm³/mol. The first-order valence-electron chi connectivity index (χ1n) is 7.28. The molecule has 0 saturated heterocycles. The number of carbonyl (C=O) groups is 1. The van der Waals surface area contributed by atoms with Crippen LogP contribution < -0.4 is 5.32 Å². The van der Waals surface area contributed by atoms with E-state index in [0.717, 1.165) is 25.1 Å². The van der Waals surface area contributed by atoms with Gasteiger partial charge >= 0.3 is 0 Å². The summed E-state index contributed by atoms with van der Waals surface area (Å²) >= 11 is 0. The summed E-state index contributed by atoms with van der Waals surface area (Å²) in [6.45, 7) is 0.789. The molecule has 0 aromatic carbocycles. The summed E-state index contributed by atoms with van der Waals surface area (Å²) in [6, 6.07) is 0. The van der Waals surface area contributed by atoms with Gasteiger partial charge in [0.15, 0.2) is 0 Å². The van der Waals surface area contributed by atoms with Gasteiger partial charge in [0, 0.05) is 30.3 Å². The van der Waals surface area contributed by atoms with Gasteiger partial charge in [-0.1, -0.05) is 11.6 Å². The fourth-order valence-corrected chi connectivity index (χ4v) is 2.91. The van der Waals surface area contributed by atoms with Gasteiger partial charge in [0.25, 0.3) is 0 Å². The van der Waals surface area contributed by atoms with E-state index in [1.807, 2.05) is 6.20 Å². The minimum absolute atomic E-state index is 0.154. The minimum Gasteiger partial charge on any atom is -0.356 e. The summed E-state index contributed by atoms with van der Waals surface area (Å²) in [5.74, 6) is 0.716. The number of nitrogens with one attached hydrogen (secondary N) is 2. The molecule has 0 spiro atoms. The van der Waals surface area contributed by atoms with Gasteiger partial charge in [-0.15, -0.1) is 0 Å². The van der Waals surface area contributed by atoms with Crippen molar-refractivity contribution in [2.24, 2.45) is 5.92 Å². The fourth-order valence-electron chi connectivity index (χ4n) is 2.91. The predicted octanol–water partition coefficient (Wildman–Crippen LogP) is 2.52. The van der Waals surface area contributed by atoms with E-state index < -0.39 is 0 Å². The molecule has 102 valence electrons. The molecule has 4 heteroatoms. The van der Waals surface area contributed by atoms with Crippen LogP contribution in [0.3, 0.4) is 0 Å². The maximum absolute atomic E-state index is 12.0. The van der Waals surface area contributed by atoms with Crippen molar-refractivity contribution in [3.63, 3.8) is 0 Å². The summed E-state index contributed by atoms with van der Waals surface area (Å²) < 4.78 is 0. The van der Waals surface area contributed by atoms with Crippen LogP contribution >= 0.6 is 0 Å². The quantitative estimate of drug-likeness (QED) is 0.798. The van der Waals surface area contributed by atoms with Crippen molar-refractivity contribution in [1.82, 2.24) is 15.3 Å². The Kier molecular flexibility index (Phi) is 3.67. The monoisotopic (exact) mass is 259 g/mol. The molecule has 19 heavy (non-hydrogen) atoms. The van der Waals surface area contributed by atoms with E-state index in [2.05, 4.69) is 21.4 Å². The number of aromatic nitrogens is 2. The number of rotatable bonds is 5. The van der Waals surface area contributed by atoms with Gasteiger partial charge in [0.2, 0.25) is 5.91 Å². The highest BCUT2D eigenvalue weighted by atomic mass is 16.2. The Hall–Kier alpha value is -1.58. The molecule has 1 fully saturated rings. The molecule has 1 saturated carbocycles. The zero-order valence-electron chi connectivity index (χ0n) is 11.2. The normalized spacial score (nSPS) is 25.8. The summed E-state index contributed by atoms with van der Waals surface area (Å²) in [4.78, 5) is 19.1. The Bertz CT molecular complexity index is 464. The first-order chi connectivity index (χ1) is 9.34. The van der Waals surface area contributed by atoms with E-state index in [-0.39, 0.29) is 11.8 Å². The molecule has 1 aromatic heterocycles. The van der Waals surface area contributed by atoms with Crippen LogP contribution in [0.5, 0.6) is 0 Å². The molecule has 1 aromatic rings. The number of amides is 1. The van der Waals surface area contributed by atoms with E-state index in [1.165, 1.54) is 31.3 Å². The van der Waals surface area contributed by atoms with E-state index in [9.17, 15) is 4.79 Å². The third kappa shape index (κ3) is 3.06. The molecule has 2 unspecified atom stereocenters. The molecule has 2 aliphatic rings. The maximum atomic E-state index is 12.0. The molecule has 2 N–H and O–H groups in total. The molecular formula is C15H21N3O. The van der Waals surface area contributed by atoms with E-state index in [1.54, 1.807) is 6.33 Å². The number of hydrogen-bond donors (Lipinski definition) is 2. The van der Waals surface area contributed by atoms with Crippen LogP contribution in [0, 0.1) is 5.92 Å². The van der Waals surface area contributed by atoms with Crippen LogP contribution in [0.15, 0.2) is 24.2 Å². The molecular weight excluding hydrogens is 238 g/mol. The first-order valence-corrected chi connectivity index (χ1v) is 7.28. The highest BCUT2D eigenvalue weighted by Crippen LogP contribution is 2.46. The van der Waals surface area contributed by atoms with Crippen molar-refractivity contribution in [3.05, 3.63) is 29.9 Å². The SMILES string of the molecule is O=C(NCCC1=CCCCC1)C1CC1c1cnc[nH]1. The summed E-state index contributed by atoms with van der Waals surface area (Å²) in [5.41, 5.74) is 2.61. The van der Waals surface area contributed by atoms with Crippen molar-refractivity contribution in [3.8, 4) is 0 Å². The topological polar surface area (TPSA) is 57.8 Å². The maximum Gasteiger partial charge on any atom is 0.223 e. The Labute approximate surface area is 113 Å². The van der Waals surface area contributed by atoms with E-state index >= 15 is 0 Å². The van der Waals surface area contributed by atoms with Gasteiger partial charge < -0.3 is 10.3 Å². The second-order valence-electron chi connectivity index (χ2n) is 5.60.